The summed E-state index contributed by atoms with van der Waals surface area (Å²) in [6.45, 7) is 4.79. The molecule has 0 amide bonds. The van der Waals surface area contributed by atoms with Crippen LogP contribution in [0.15, 0.2) is 72.8 Å². The van der Waals surface area contributed by atoms with Gasteiger partial charge >= 0.3 is 5.97 Å². The second kappa shape index (κ2) is 11.0. The minimum absolute atomic E-state index is 0.0412. The normalized spacial score (nSPS) is 11.9. The second-order valence-corrected chi connectivity index (χ2v) is 8.07. The third-order valence-electron chi connectivity index (χ3n) is 5.59. The van der Waals surface area contributed by atoms with Gasteiger partial charge < -0.3 is 19.9 Å². The molecule has 0 saturated carbocycles. The molecule has 1 atom stereocenters. The van der Waals surface area contributed by atoms with Crippen molar-refractivity contribution in [1.82, 2.24) is 4.98 Å². The number of pyridine rings is 1. The van der Waals surface area contributed by atoms with E-state index < -0.39 is 12.0 Å². The number of aryl methyl sites for hydroxylation is 1. The van der Waals surface area contributed by atoms with Crippen LogP contribution in [-0.4, -0.2) is 35.9 Å². The first-order valence-electron chi connectivity index (χ1n) is 11.4. The summed E-state index contributed by atoms with van der Waals surface area (Å²) in [5, 5.41) is 15.4. The van der Waals surface area contributed by atoms with Crippen LogP contribution in [0.2, 0.25) is 0 Å². The lowest BCUT2D eigenvalue weighted by Gasteiger charge is -2.23. The maximum atomic E-state index is 13.7. The number of aromatic nitrogens is 1. The fourth-order valence-electron chi connectivity index (χ4n) is 3.84. The summed E-state index contributed by atoms with van der Waals surface area (Å²) in [7, 11) is 0. The first-order valence-corrected chi connectivity index (χ1v) is 11.4. The highest BCUT2D eigenvalue weighted by molar-refractivity contribution is 5.90. The summed E-state index contributed by atoms with van der Waals surface area (Å²) in [6, 6.07) is 19.9. The molecule has 0 spiro atoms. The quantitative estimate of drug-likeness (QED) is 0.236. The minimum atomic E-state index is -0.536. The summed E-state index contributed by atoms with van der Waals surface area (Å²) in [5.41, 5.74) is 3.60. The molecule has 3 aromatic carbocycles. The molecule has 0 saturated heterocycles. The summed E-state index contributed by atoms with van der Waals surface area (Å²) in [5.74, 6) is -0.774. The number of nitrogens with one attached hydrogen (secondary N) is 1. The Labute approximate surface area is 203 Å². The number of rotatable bonds is 9. The number of halogens is 1. The summed E-state index contributed by atoms with van der Waals surface area (Å²) in [6.07, 6.45) is 0. The zero-order valence-electron chi connectivity index (χ0n) is 19.6. The average Bonchev–Trinajstić information content (AvgIpc) is 2.87. The molecule has 6 nitrogen and oxygen atoms in total. The van der Waals surface area contributed by atoms with Gasteiger partial charge in [0.1, 0.15) is 23.7 Å². The number of phenolic OH excluding ortho intramolecular Hbond substituents is 1. The molecule has 0 aliphatic heterocycles. The van der Waals surface area contributed by atoms with E-state index in [2.05, 4.69) is 10.3 Å². The molecule has 35 heavy (non-hydrogen) atoms. The largest absolute Gasteiger partial charge is 0.505 e. The van der Waals surface area contributed by atoms with Gasteiger partial charge in [-0.25, -0.2) is 14.2 Å². The number of aromatic hydroxyl groups is 1. The van der Waals surface area contributed by atoms with Crippen LogP contribution < -0.4 is 5.32 Å². The lowest BCUT2D eigenvalue weighted by atomic mass is 9.95. The highest BCUT2D eigenvalue weighted by Crippen LogP contribution is 2.37. The molecule has 7 heteroatoms. The van der Waals surface area contributed by atoms with E-state index in [0.717, 1.165) is 16.6 Å². The van der Waals surface area contributed by atoms with Crippen LogP contribution >= 0.6 is 0 Å². The van der Waals surface area contributed by atoms with Gasteiger partial charge in [-0.3, -0.25) is 0 Å². The van der Waals surface area contributed by atoms with Gasteiger partial charge in [-0.15, -0.1) is 0 Å². The third-order valence-corrected chi connectivity index (χ3v) is 5.59. The SMILES string of the molecule is CCOCCOC(=O)c1cccc(NC(c2ccc(F)cc2)c2ccc3ccc(C)nc3c2O)c1. The Balaban J connectivity index is 1.68. The van der Waals surface area contributed by atoms with Crippen molar-refractivity contribution >= 4 is 22.6 Å². The van der Waals surface area contributed by atoms with Gasteiger partial charge in [-0.2, -0.15) is 0 Å². The Morgan fingerprint density at radius 1 is 1.06 bits per heavy atom. The summed E-state index contributed by atoms with van der Waals surface area (Å²) < 4.78 is 24.1. The predicted octanol–water partition coefficient (Wildman–Crippen LogP) is 5.78. The van der Waals surface area contributed by atoms with Gasteiger partial charge in [0.2, 0.25) is 0 Å². The minimum Gasteiger partial charge on any atom is -0.505 e. The Bertz CT molecular complexity index is 1320. The molecule has 0 aliphatic rings. The maximum absolute atomic E-state index is 13.7. The standard InChI is InChI=1S/C28H27FN2O4/c1-3-34-15-16-35-28(33)21-5-4-6-23(17-21)31-25(19-9-12-22(29)13-10-19)24-14-11-20-8-7-18(2)30-26(20)27(24)32/h4-14,17,25,31-32H,3,15-16H2,1-2H3. The highest BCUT2D eigenvalue weighted by Gasteiger charge is 2.21. The number of carbonyl (C=O) groups is 1. The van der Waals surface area contributed by atoms with E-state index in [0.29, 0.717) is 35.5 Å². The fraction of sp³-hybridized carbons (Fsp3) is 0.214. The first kappa shape index (κ1) is 24.2. The maximum Gasteiger partial charge on any atom is 0.338 e. The molecule has 1 heterocycles. The molecule has 1 unspecified atom stereocenters. The number of fused-ring (bicyclic) bond motifs is 1. The van der Waals surface area contributed by atoms with Crippen molar-refractivity contribution < 1.29 is 23.8 Å². The number of hydrogen-bond donors (Lipinski definition) is 2. The average molecular weight is 475 g/mol. The third kappa shape index (κ3) is 5.75. The van der Waals surface area contributed by atoms with Crippen molar-refractivity contribution in [3.63, 3.8) is 0 Å². The van der Waals surface area contributed by atoms with Crippen LogP contribution in [0.4, 0.5) is 10.1 Å². The van der Waals surface area contributed by atoms with Crippen molar-refractivity contribution in [2.45, 2.75) is 19.9 Å². The predicted molar refractivity (Wildman–Crippen MR) is 133 cm³/mol. The smallest absolute Gasteiger partial charge is 0.338 e. The highest BCUT2D eigenvalue weighted by atomic mass is 19.1. The van der Waals surface area contributed by atoms with Crippen LogP contribution in [0.5, 0.6) is 5.75 Å². The zero-order chi connectivity index (χ0) is 24.8. The molecule has 0 fully saturated rings. The number of anilines is 1. The van der Waals surface area contributed by atoms with Crippen LogP contribution in [0.1, 0.15) is 40.1 Å². The Hall–Kier alpha value is -3.97. The van der Waals surface area contributed by atoms with E-state index in [1.807, 2.05) is 44.2 Å². The second-order valence-electron chi connectivity index (χ2n) is 8.07. The number of phenols is 1. The van der Waals surface area contributed by atoms with E-state index in [1.165, 1.54) is 12.1 Å². The van der Waals surface area contributed by atoms with Gasteiger partial charge in [-0.05, 0) is 55.8 Å². The van der Waals surface area contributed by atoms with Crippen molar-refractivity contribution in [3.05, 3.63) is 101 Å². The number of ether oxygens (including phenoxy) is 2. The lowest BCUT2D eigenvalue weighted by molar-refractivity contribution is 0.0335. The molecule has 180 valence electrons. The first-order chi connectivity index (χ1) is 17.0. The van der Waals surface area contributed by atoms with Crippen LogP contribution in [0, 0.1) is 12.7 Å². The number of hydrogen-bond acceptors (Lipinski definition) is 6. The zero-order valence-corrected chi connectivity index (χ0v) is 19.6. The number of nitrogens with zero attached hydrogens (tertiary/aromatic N) is 1. The van der Waals surface area contributed by atoms with E-state index in [9.17, 15) is 14.3 Å². The van der Waals surface area contributed by atoms with E-state index >= 15 is 0 Å². The van der Waals surface area contributed by atoms with Gasteiger partial charge in [0, 0.05) is 28.9 Å². The lowest BCUT2D eigenvalue weighted by Crippen LogP contribution is -2.14. The molecule has 0 aliphatic carbocycles. The number of esters is 1. The molecule has 0 bridgehead atoms. The van der Waals surface area contributed by atoms with Crippen LogP contribution in [0.3, 0.4) is 0 Å². The number of carbonyl (C=O) groups excluding carboxylic acids is 1. The van der Waals surface area contributed by atoms with Gasteiger partial charge in [0.05, 0.1) is 18.2 Å². The van der Waals surface area contributed by atoms with E-state index in [-0.39, 0.29) is 18.2 Å². The van der Waals surface area contributed by atoms with Crippen molar-refractivity contribution in [2.75, 3.05) is 25.1 Å². The monoisotopic (exact) mass is 474 g/mol. The molecular formula is C28H27FN2O4. The molecule has 0 radical (unpaired) electrons. The summed E-state index contributed by atoms with van der Waals surface area (Å²) >= 11 is 0. The van der Waals surface area contributed by atoms with Gasteiger partial charge in [0.15, 0.2) is 0 Å². The number of benzene rings is 3. The Morgan fingerprint density at radius 2 is 1.83 bits per heavy atom. The molecule has 2 N–H and O–H groups in total. The Kier molecular flexibility index (Phi) is 7.57. The van der Waals surface area contributed by atoms with E-state index in [4.69, 9.17) is 9.47 Å². The van der Waals surface area contributed by atoms with Crippen LogP contribution in [-0.2, 0) is 9.47 Å². The van der Waals surface area contributed by atoms with E-state index in [1.54, 1.807) is 30.3 Å². The molecule has 4 aromatic rings. The van der Waals surface area contributed by atoms with Gasteiger partial charge in [0.25, 0.3) is 0 Å². The van der Waals surface area contributed by atoms with Crippen molar-refractivity contribution in [2.24, 2.45) is 0 Å². The summed E-state index contributed by atoms with van der Waals surface area (Å²) in [4.78, 5) is 17.0. The topological polar surface area (TPSA) is 80.7 Å². The fourth-order valence-corrected chi connectivity index (χ4v) is 3.84. The van der Waals surface area contributed by atoms with Crippen molar-refractivity contribution in [3.8, 4) is 5.75 Å². The molecule has 1 aromatic heterocycles. The van der Waals surface area contributed by atoms with Crippen molar-refractivity contribution in [1.29, 1.82) is 0 Å². The molecular weight excluding hydrogens is 447 g/mol. The van der Waals surface area contributed by atoms with Gasteiger partial charge in [-0.1, -0.05) is 36.4 Å². The van der Waals surface area contributed by atoms with Crippen LogP contribution in [0.25, 0.3) is 10.9 Å². The molecule has 4 rings (SSSR count). The Morgan fingerprint density at radius 3 is 2.60 bits per heavy atom.